The van der Waals surface area contributed by atoms with Crippen molar-refractivity contribution in [3.05, 3.63) is 21.3 Å². The fourth-order valence-electron chi connectivity index (χ4n) is 2.59. The van der Waals surface area contributed by atoms with E-state index in [1.165, 1.54) is 11.3 Å². The first kappa shape index (κ1) is 15.1. The Hall–Kier alpha value is -1.27. The molecule has 1 fully saturated rings. The molecule has 20 heavy (non-hydrogen) atoms. The molecule has 5 nitrogen and oxygen atoms in total. The van der Waals surface area contributed by atoms with E-state index in [9.17, 15) is 4.79 Å². The van der Waals surface area contributed by atoms with Crippen molar-refractivity contribution in [1.29, 1.82) is 0 Å². The lowest BCUT2D eigenvalue weighted by Gasteiger charge is -2.32. The van der Waals surface area contributed by atoms with Crippen molar-refractivity contribution in [2.45, 2.75) is 44.1 Å². The molecule has 110 valence electrons. The predicted octanol–water partition coefficient (Wildman–Crippen LogP) is 2.97. The lowest BCUT2D eigenvalue weighted by atomic mass is 9.88. The number of amides is 1. The lowest BCUT2D eigenvalue weighted by Crippen LogP contribution is -2.57. The lowest BCUT2D eigenvalue weighted by molar-refractivity contribution is 0.0919. The van der Waals surface area contributed by atoms with E-state index in [1.807, 2.05) is 0 Å². The van der Waals surface area contributed by atoms with Crippen LogP contribution in [0.2, 0.25) is 4.34 Å². The van der Waals surface area contributed by atoms with E-state index in [0.29, 0.717) is 22.1 Å². The molecule has 0 spiro atoms. The smallest absolute Gasteiger partial charge is 0.262 e. The van der Waals surface area contributed by atoms with Crippen LogP contribution < -0.4 is 11.1 Å². The molecule has 4 N–H and O–H groups in total. The van der Waals surface area contributed by atoms with Crippen LogP contribution in [0.15, 0.2) is 17.3 Å². The van der Waals surface area contributed by atoms with Gasteiger partial charge in [0.25, 0.3) is 5.91 Å². The molecule has 0 bridgehead atoms. The van der Waals surface area contributed by atoms with Crippen LogP contribution in [-0.2, 0) is 0 Å². The Balaban J connectivity index is 2.21. The van der Waals surface area contributed by atoms with Crippen molar-refractivity contribution < 1.29 is 10.0 Å². The maximum absolute atomic E-state index is 12.3. The summed E-state index contributed by atoms with van der Waals surface area (Å²) in [7, 11) is 0. The maximum atomic E-state index is 12.3. The van der Waals surface area contributed by atoms with Gasteiger partial charge in [-0.1, -0.05) is 42.4 Å². The van der Waals surface area contributed by atoms with Crippen LogP contribution in [0.1, 0.15) is 48.2 Å². The van der Waals surface area contributed by atoms with Crippen molar-refractivity contribution in [2.24, 2.45) is 10.9 Å². The Kier molecular flexibility index (Phi) is 4.88. The number of nitrogens with one attached hydrogen (secondary N) is 1. The van der Waals surface area contributed by atoms with Crippen LogP contribution in [0.5, 0.6) is 0 Å². The normalized spacial score (nSPS) is 19.4. The fourth-order valence-corrected chi connectivity index (χ4v) is 3.53. The highest BCUT2D eigenvalue weighted by Crippen LogP contribution is 2.29. The number of thiophene rings is 1. The van der Waals surface area contributed by atoms with Crippen LogP contribution in [0.4, 0.5) is 0 Å². The number of halogens is 1. The first-order valence-electron chi connectivity index (χ1n) is 6.63. The number of oxime groups is 1. The number of carbonyl (C=O) groups excluding carboxylic acids is 1. The van der Waals surface area contributed by atoms with Gasteiger partial charge < -0.3 is 16.3 Å². The Labute approximate surface area is 126 Å². The van der Waals surface area contributed by atoms with E-state index in [1.54, 1.807) is 12.1 Å². The Bertz CT molecular complexity index is 507. The SMILES string of the molecule is NC(=NO)C1(NC(=O)c2ccc(Cl)s2)CCCCCC1. The van der Waals surface area contributed by atoms with Gasteiger partial charge in [0.15, 0.2) is 5.84 Å². The molecule has 1 saturated carbocycles. The van der Waals surface area contributed by atoms with Crippen LogP contribution >= 0.6 is 22.9 Å². The maximum Gasteiger partial charge on any atom is 0.262 e. The Morgan fingerprint density at radius 2 is 2.00 bits per heavy atom. The van der Waals surface area contributed by atoms with E-state index >= 15 is 0 Å². The highest BCUT2D eigenvalue weighted by molar-refractivity contribution is 7.18. The number of nitrogens with two attached hydrogens (primary N) is 1. The van der Waals surface area contributed by atoms with E-state index in [-0.39, 0.29) is 11.7 Å². The van der Waals surface area contributed by atoms with E-state index in [4.69, 9.17) is 22.5 Å². The molecule has 1 amide bonds. The second-order valence-electron chi connectivity index (χ2n) is 5.04. The largest absolute Gasteiger partial charge is 0.409 e. The van der Waals surface area contributed by atoms with Gasteiger partial charge >= 0.3 is 0 Å². The van der Waals surface area contributed by atoms with Crippen LogP contribution in [0, 0.1) is 0 Å². The number of carbonyl (C=O) groups is 1. The molecular weight excluding hydrogens is 298 g/mol. The van der Waals surface area contributed by atoms with Gasteiger partial charge in [-0.2, -0.15) is 0 Å². The summed E-state index contributed by atoms with van der Waals surface area (Å²) in [4.78, 5) is 12.8. The van der Waals surface area contributed by atoms with Crippen LogP contribution in [0.25, 0.3) is 0 Å². The first-order valence-corrected chi connectivity index (χ1v) is 7.83. The van der Waals surface area contributed by atoms with Crippen molar-refractivity contribution >= 4 is 34.7 Å². The van der Waals surface area contributed by atoms with Gasteiger partial charge in [0.1, 0.15) is 5.54 Å². The zero-order valence-electron chi connectivity index (χ0n) is 11.1. The summed E-state index contributed by atoms with van der Waals surface area (Å²) in [5.41, 5.74) is 5.10. The van der Waals surface area contributed by atoms with Crippen molar-refractivity contribution in [1.82, 2.24) is 5.32 Å². The van der Waals surface area contributed by atoms with Crippen molar-refractivity contribution in [3.8, 4) is 0 Å². The molecule has 1 aromatic rings. The summed E-state index contributed by atoms with van der Waals surface area (Å²) < 4.78 is 0.564. The summed E-state index contributed by atoms with van der Waals surface area (Å²) in [6, 6.07) is 3.36. The molecule has 1 heterocycles. The molecule has 0 aliphatic heterocycles. The number of hydrogen-bond acceptors (Lipinski definition) is 4. The van der Waals surface area contributed by atoms with Gasteiger partial charge in [-0.15, -0.1) is 11.3 Å². The van der Waals surface area contributed by atoms with Gasteiger partial charge in [-0.25, -0.2) is 0 Å². The summed E-state index contributed by atoms with van der Waals surface area (Å²) in [5, 5.41) is 15.1. The second kappa shape index (κ2) is 6.45. The third-order valence-electron chi connectivity index (χ3n) is 3.70. The standard InChI is InChI=1S/C13H18ClN3O2S/c14-10-6-5-9(20-10)11(18)16-13(12(15)17-19)7-3-1-2-4-8-13/h5-6,19H,1-4,7-8H2,(H2,15,17)(H,16,18). The van der Waals surface area contributed by atoms with Gasteiger partial charge in [0, 0.05) is 0 Å². The topological polar surface area (TPSA) is 87.7 Å². The summed E-state index contributed by atoms with van der Waals surface area (Å²) in [5.74, 6) is -0.147. The number of amidine groups is 1. The number of rotatable bonds is 3. The summed E-state index contributed by atoms with van der Waals surface area (Å²) in [6.07, 6.45) is 5.47. The predicted molar refractivity (Wildman–Crippen MR) is 80.6 cm³/mol. The van der Waals surface area contributed by atoms with Crippen LogP contribution in [0.3, 0.4) is 0 Å². The summed E-state index contributed by atoms with van der Waals surface area (Å²) in [6.45, 7) is 0. The third kappa shape index (κ3) is 3.24. The van der Waals surface area contributed by atoms with Crippen LogP contribution in [-0.4, -0.2) is 22.5 Å². The molecule has 1 aliphatic carbocycles. The van der Waals surface area contributed by atoms with Gasteiger partial charge in [0.2, 0.25) is 0 Å². The minimum absolute atomic E-state index is 0.0791. The minimum atomic E-state index is -0.751. The average Bonchev–Trinajstić information content (AvgIpc) is 2.74. The molecule has 2 rings (SSSR count). The second-order valence-corrected chi connectivity index (χ2v) is 6.75. The number of hydrogen-bond donors (Lipinski definition) is 3. The summed E-state index contributed by atoms with van der Waals surface area (Å²) >= 11 is 7.07. The molecular formula is C13H18ClN3O2S. The minimum Gasteiger partial charge on any atom is -0.409 e. The molecule has 1 aliphatic rings. The molecule has 0 atom stereocenters. The Morgan fingerprint density at radius 3 is 2.50 bits per heavy atom. The van der Waals surface area contributed by atoms with Crippen molar-refractivity contribution in [3.63, 3.8) is 0 Å². The quantitative estimate of drug-likeness (QED) is 0.263. The van der Waals surface area contributed by atoms with E-state index in [2.05, 4.69) is 10.5 Å². The van der Waals surface area contributed by atoms with Crippen molar-refractivity contribution in [2.75, 3.05) is 0 Å². The number of nitrogens with zero attached hydrogens (tertiary/aromatic N) is 1. The Morgan fingerprint density at radius 1 is 1.35 bits per heavy atom. The average molecular weight is 316 g/mol. The molecule has 1 aromatic heterocycles. The van der Waals surface area contributed by atoms with Gasteiger partial charge in [0.05, 0.1) is 9.21 Å². The molecule has 0 radical (unpaired) electrons. The highest BCUT2D eigenvalue weighted by atomic mass is 35.5. The van der Waals surface area contributed by atoms with E-state index < -0.39 is 5.54 Å². The zero-order chi connectivity index (χ0) is 14.6. The third-order valence-corrected chi connectivity index (χ3v) is 4.93. The van der Waals surface area contributed by atoms with Gasteiger partial charge in [-0.05, 0) is 25.0 Å². The monoisotopic (exact) mass is 315 g/mol. The molecule has 0 unspecified atom stereocenters. The fraction of sp³-hybridized carbons (Fsp3) is 0.538. The zero-order valence-corrected chi connectivity index (χ0v) is 12.6. The molecule has 0 saturated heterocycles. The van der Waals surface area contributed by atoms with Gasteiger partial charge in [-0.3, -0.25) is 4.79 Å². The molecule has 0 aromatic carbocycles. The molecule has 7 heteroatoms. The van der Waals surface area contributed by atoms with E-state index in [0.717, 1.165) is 25.7 Å². The highest BCUT2D eigenvalue weighted by Gasteiger charge is 2.37. The first-order chi connectivity index (χ1) is 9.57.